The van der Waals surface area contributed by atoms with E-state index in [1.54, 1.807) is 19.9 Å². The number of thioether (sulfide) groups is 1. The highest BCUT2D eigenvalue weighted by Gasteiger charge is 2.27. The molecule has 1 aromatic carbocycles. The minimum Gasteiger partial charge on any atom is -0.480 e. The van der Waals surface area contributed by atoms with Gasteiger partial charge in [0.05, 0.1) is 0 Å². The van der Waals surface area contributed by atoms with Gasteiger partial charge in [-0.25, -0.2) is 4.39 Å². The zero-order valence-electron chi connectivity index (χ0n) is 10.8. The van der Waals surface area contributed by atoms with Crippen molar-refractivity contribution in [2.24, 2.45) is 0 Å². The molecule has 0 spiro atoms. The van der Waals surface area contributed by atoms with Crippen LogP contribution in [0.15, 0.2) is 24.3 Å². The van der Waals surface area contributed by atoms with E-state index in [-0.39, 0.29) is 12.3 Å². The van der Waals surface area contributed by atoms with Crippen LogP contribution in [0.3, 0.4) is 0 Å². The lowest BCUT2D eigenvalue weighted by Crippen LogP contribution is -2.28. The fourth-order valence-electron chi connectivity index (χ4n) is 1.25. The Bertz CT molecular complexity index is 477. The number of hydrogen-bond donors (Lipinski definition) is 2. The monoisotopic (exact) mass is 285 g/mol. The molecule has 1 rings (SSSR count). The molecule has 0 aromatic heterocycles. The van der Waals surface area contributed by atoms with Crippen molar-refractivity contribution in [3.8, 4) is 0 Å². The van der Waals surface area contributed by atoms with E-state index >= 15 is 0 Å². The molecule has 0 saturated heterocycles. The molecule has 6 heteroatoms. The van der Waals surface area contributed by atoms with Crippen LogP contribution in [0.2, 0.25) is 0 Å². The van der Waals surface area contributed by atoms with E-state index in [9.17, 15) is 14.0 Å². The van der Waals surface area contributed by atoms with Crippen LogP contribution in [-0.4, -0.2) is 27.5 Å². The van der Waals surface area contributed by atoms with E-state index < -0.39 is 16.5 Å². The maximum Gasteiger partial charge on any atom is 0.319 e. The van der Waals surface area contributed by atoms with Crippen molar-refractivity contribution < 1.29 is 19.1 Å². The Hall–Kier alpha value is -1.56. The molecule has 4 nitrogen and oxygen atoms in total. The number of carboxylic acid groups (broad SMARTS) is 1. The Morgan fingerprint density at radius 3 is 2.68 bits per heavy atom. The Labute approximate surface area is 115 Å². The molecular weight excluding hydrogens is 269 g/mol. The summed E-state index contributed by atoms with van der Waals surface area (Å²) in [6.07, 6.45) is 0.178. The number of nitrogens with one attached hydrogen (secondary N) is 1. The molecule has 0 radical (unpaired) electrons. The van der Waals surface area contributed by atoms with Gasteiger partial charge in [0.1, 0.15) is 10.6 Å². The second-order valence-electron chi connectivity index (χ2n) is 4.47. The topological polar surface area (TPSA) is 66.4 Å². The third kappa shape index (κ3) is 5.30. The van der Waals surface area contributed by atoms with Gasteiger partial charge in [0.15, 0.2) is 0 Å². The van der Waals surface area contributed by atoms with Gasteiger partial charge in [-0.05, 0) is 32.0 Å². The fourth-order valence-corrected chi connectivity index (χ4v) is 2.17. The molecule has 0 atom stereocenters. The number of carboxylic acids is 1. The van der Waals surface area contributed by atoms with Gasteiger partial charge in [-0.15, -0.1) is 11.8 Å². The van der Waals surface area contributed by atoms with Crippen LogP contribution in [0.5, 0.6) is 0 Å². The summed E-state index contributed by atoms with van der Waals surface area (Å²) in [5, 5.41) is 11.5. The fraction of sp³-hybridized carbons (Fsp3) is 0.385. The summed E-state index contributed by atoms with van der Waals surface area (Å²) in [6.45, 7) is 3.18. The minimum absolute atomic E-state index is 0.178. The highest BCUT2D eigenvalue weighted by atomic mass is 32.2. The summed E-state index contributed by atoms with van der Waals surface area (Å²) in [4.78, 5) is 22.4. The van der Waals surface area contributed by atoms with Crippen LogP contribution in [0.25, 0.3) is 0 Å². The van der Waals surface area contributed by atoms with E-state index in [2.05, 4.69) is 5.32 Å². The SMILES string of the molecule is CC(C)(SCCC(=O)Nc1cccc(F)c1)C(=O)O. The van der Waals surface area contributed by atoms with E-state index in [1.807, 2.05) is 0 Å². The van der Waals surface area contributed by atoms with Crippen LogP contribution in [0, 0.1) is 5.82 Å². The number of carbonyl (C=O) groups is 2. The smallest absolute Gasteiger partial charge is 0.319 e. The quantitative estimate of drug-likeness (QED) is 0.843. The highest BCUT2D eigenvalue weighted by Crippen LogP contribution is 2.25. The van der Waals surface area contributed by atoms with Gasteiger partial charge in [0.2, 0.25) is 5.91 Å². The Morgan fingerprint density at radius 2 is 2.11 bits per heavy atom. The van der Waals surface area contributed by atoms with Gasteiger partial charge < -0.3 is 10.4 Å². The molecular formula is C13H16FNO3S. The van der Waals surface area contributed by atoms with E-state index in [0.29, 0.717) is 11.4 Å². The molecule has 1 aromatic rings. The second-order valence-corrected chi connectivity index (χ2v) is 6.19. The van der Waals surface area contributed by atoms with Crippen molar-refractivity contribution in [1.82, 2.24) is 0 Å². The molecule has 0 aliphatic heterocycles. The number of hydrogen-bond acceptors (Lipinski definition) is 3. The van der Waals surface area contributed by atoms with Crippen LogP contribution in [-0.2, 0) is 9.59 Å². The van der Waals surface area contributed by atoms with E-state index in [4.69, 9.17) is 5.11 Å². The van der Waals surface area contributed by atoms with Crippen molar-refractivity contribution in [1.29, 1.82) is 0 Å². The third-order valence-corrected chi connectivity index (χ3v) is 3.72. The third-order valence-electron chi connectivity index (χ3n) is 2.42. The second kappa shape index (κ2) is 6.56. The maximum atomic E-state index is 12.9. The maximum absolute atomic E-state index is 12.9. The van der Waals surface area contributed by atoms with Crippen molar-refractivity contribution in [3.63, 3.8) is 0 Å². The van der Waals surface area contributed by atoms with Crippen LogP contribution in [0.1, 0.15) is 20.3 Å². The van der Waals surface area contributed by atoms with Gasteiger partial charge in [-0.1, -0.05) is 6.07 Å². The van der Waals surface area contributed by atoms with E-state index in [0.717, 1.165) is 0 Å². The summed E-state index contributed by atoms with van der Waals surface area (Å²) >= 11 is 1.19. The molecule has 0 saturated carbocycles. The number of anilines is 1. The molecule has 0 unspecified atom stereocenters. The zero-order valence-corrected chi connectivity index (χ0v) is 11.6. The van der Waals surface area contributed by atoms with Gasteiger partial charge in [0.25, 0.3) is 0 Å². The van der Waals surface area contributed by atoms with Gasteiger partial charge >= 0.3 is 5.97 Å². The first-order valence-corrected chi connectivity index (χ1v) is 6.72. The van der Waals surface area contributed by atoms with Gasteiger partial charge in [-0.2, -0.15) is 0 Å². The molecule has 0 aliphatic rings. The molecule has 0 bridgehead atoms. The summed E-state index contributed by atoms with van der Waals surface area (Å²) in [6, 6.07) is 5.62. The summed E-state index contributed by atoms with van der Waals surface area (Å²) < 4.78 is 12.0. The minimum atomic E-state index is -0.918. The first kappa shape index (κ1) is 15.5. The van der Waals surface area contributed by atoms with Crippen molar-refractivity contribution in [3.05, 3.63) is 30.1 Å². The largest absolute Gasteiger partial charge is 0.480 e. The van der Waals surface area contributed by atoms with Crippen LogP contribution < -0.4 is 5.32 Å². The summed E-state index contributed by atoms with van der Waals surface area (Å²) in [5.41, 5.74) is 0.396. The predicted octanol–water partition coefficient (Wildman–Crippen LogP) is 2.75. The molecule has 104 valence electrons. The number of benzene rings is 1. The first-order valence-electron chi connectivity index (χ1n) is 5.74. The molecule has 1 amide bonds. The summed E-state index contributed by atoms with van der Waals surface area (Å²) in [7, 11) is 0. The van der Waals surface area contributed by atoms with Crippen molar-refractivity contribution in [2.75, 3.05) is 11.1 Å². The predicted molar refractivity (Wildman–Crippen MR) is 73.8 cm³/mol. The average Bonchev–Trinajstić information content (AvgIpc) is 2.28. The molecule has 0 aliphatic carbocycles. The first-order chi connectivity index (χ1) is 8.81. The Balaban J connectivity index is 2.39. The molecule has 0 fully saturated rings. The van der Waals surface area contributed by atoms with Crippen LogP contribution in [0.4, 0.5) is 10.1 Å². The molecule has 0 heterocycles. The lowest BCUT2D eigenvalue weighted by molar-refractivity contribution is -0.138. The number of carbonyl (C=O) groups excluding carboxylic acids is 1. The van der Waals surface area contributed by atoms with Crippen molar-refractivity contribution in [2.45, 2.75) is 25.0 Å². The Morgan fingerprint density at radius 1 is 1.42 bits per heavy atom. The highest BCUT2D eigenvalue weighted by molar-refractivity contribution is 8.01. The van der Waals surface area contributed by atoms with E-state index in [1.165, 1.54) is 30.0 Å². The van der Waals surface area contributed by atoms with Gasteiger partial charge in [0, 0.05) is 17.9 Å². The summed E-state index contributed by atoms with van der Waals surface area (Å²) in [5.74, 6) is -1.21. The normalized spacial score (nSPS) is 11.1. The number of amides is 1. The standard InChI is InChI=1S/C13H16FNO3S/c1-13(2,12(17)18)19-7-6-11(16)15-10-5-3-4-9(14)8-10/h3-5,8H,6-7H2,1-2H3,(H,15,16)(H,17,18). The number of halogens is 1. The average molecular weight is 285 g/mol. The number of aliphatic carboxylic acids is 1. The molecule has 19 heavy (non-hydrogen) atoms. The van der Waals surface area contributed by atoms with Gasteiger partial charge in [-0.3, -0.25) is 9.59 Å². The Kier molecular flexibility index (Phi) is 5.35. The van der Waals surface area contributed by atoms with Crippen LogP contribution >= 0.6 is 11.8 Å². The molecule has 2 N–H and O–H groups in total. The lowest BCUT2D eigenvalue weighted by atomic mass is 10.2. The zero-order chi connectivity index (χ0) is 14.5. The lowest BCUT2D eigenvalue weighted by Gasteiger charge is -2.17. The number of rotatable bonds is 6. The van der Waals surface area contributed by atoms with Crippen molar-refractivity contribution >= 4 is 29.3 Å².